The van der Waals surface area contributed by atoms with Crippen LogP contribution in [0.1, 0.15) is 28.8 Å². The topological polar surface area (TPSA) is 118 Å². The molecule has 0 atom stereocenters. The van der Waals surface area contributed by atoms with Crippen LogP contribution in [0.25, 0.3) is 0 Å². The number of carbonyl (C=O) groups excluding carboxylic acids is 1. The maximum absolute atomic E-state index is 13.5. The lowest BCUT2D eigenvalue weighted by molar-refractivity contribution is -0.137. The van der Waals surface area contributed by atoms with Gasteiger partial charge in [-0.15, -0.1) is 0 Å². The summed E-state index contributed by atoms with van der Waals surface area (Å²) in [6, 6.07) is 2.69. The van der Waals surface area contributed by atoms with Crippen molar-refractivity contribution in [1.29, 1.82) is 0 Å². The quantitative estimate of drug-likeness (QED) is 0.671. The number of amides is 1. The number of alkyl halides is 5. The van der Waals surface area contributed by atoms with E-state index in [0.29, 0.717) is 12.3 Å². The first-order chi connectivity index (χ1) is 14.3. The highest BCUT2D eigenvalue weighted by Gasteiger charge is 2.37. The number of carbonyl (C=O) groups is 1. The third kappa shape index (κ3) is 5.44. The van der Waals surface area contributed by atoms with Crippen molar-refractivity contribution in [3.8, 4) is 0 Å². The van der Waals surface area contributed by atoms with Gasteiger partial charge >= 0.3 is 6.18 Å². The fourth-order valence-electron chi connectivity index (χ4n) is 2.92. The fraction of sp³-hybridized carbons (Fsp3) is 0.353. The van der Waals surface area contributed by atoms with Crippen LogP contribution >= 0.6 is 0 Å². The molecule has 3 rings (SSSR count). The maximum atomic E-state index is 13.5. The number of nitrogens with zero attached hydrogens (tertiary/aromatic N) is 3. The molecule has 0 aliphatic carbocycles. The smallest absolute Gasteiger partial charge is 0.356 e. The summed E-state index contributed by atoms with van der Waals surface area (Å²) in [6.45, 7) is -0.424. The van der Waals surface area contributed by atoms with Gasteiger partial charge < -0.3 is 10.2 Å². The van der Waals surface area contributed by atoms with Gasteiger partial charge in [0.1, 0.15) is 5.82 Å². The normalized spacial score (nSPS) is 16.8. The Morgan fingerprint density at radius 1 is 1.16 bits per heavy atom. The zero-order valence-electron chi connectivity index (χ0n) is 15.7. The number of halogens is 5. The molecule has 168 valence electrons. The van der Waals surface area contributed by atoms with E-state index in [9.17, 15) is 35.2 Å². The van der Waals surface area contributed by atoms with E-state index < -0.39 is 57.0 Å². The van der Waals surface area contributed by atoms with Crippen LogP contribution in [-0.2, 0) is 16.2 Å². The number of anilines is 2. The minimum absolute atomic E-state index is 0.0995. The SMILES string of the molecule is NS(=O)(=O)c1cc(NC(=O)c2cc(C(F)(F)F)cnc2N2CCC(F)(F)CC2)ccn1. The molecular formula is C17H16F5N5O3S. The van der Waals surface area contributed by atoms with Crippen LogP contribution in [0.3, 0.4) is 0 Å². The zero-order valence-corrected chi connectivity index (χ0v) is 16.5. The van der Waals surface area contributed by atoms with Gasteiger partial charge in [0.05, 0.1) is 11.1 Å². The number of pyridine rings is 2. The Kier molecular flexibility index (Phi) is 5.88. The van der Waals surface area contributed by atoms with E-state index in [1.807, 2.05) is 0 Å². The predicted molar refractivity (Wildman–Crippen MR) is 99.2 cm³/mol. The molecule has 14 heteroatoms. The minimum Gasteiger partial charge on any atom is -0.356 e. The van der Waals surface area contributed by atoms with E-state index in [1.54, 1.807) is 0 Å². The van der Waals surface area contributed by atoms with Crippen molar-refractivity contribution in [2.24, 2.45) is 5.14 Å². The molecule has 3 heterocycles. The lowest BCUT2D eigenvalue weighted by Crippen LogP contribution is -2.40. The van der Waals surface area contributed by atoms with Gasteiger partial charge in [-0.25, -0.2) is 32.3 Å². The van der Waals surface area contributed by atoms with Gasteiger partial charge in [-0.1, -0.05) is 0 Å². The summed E-state index contributed by atoms with van der Waals surface area (Å²) >= 11 is 0. The van der Waals surface area contributed by atoms with Crippen LogP contribution in [0.2, 0.25) is 0 Å². The highest BCUT2D eigenvalue weighted by molar-refractivity contribution is 7.89. The molecule has 1 aliphatic rings. The molecule has 0 radical (unpaired) electrons. The molecule has 3 N–H and O–H groups in total. The summed E-state index contributed by atoms with van der Waals surface area (Å²) in [5, 5.41) is 6.67. The fourth-order valence-corrected chi connectivity index (χ4v) is 3.42. The highest BCUT2D eigenvalue weighted by Crippen LogP contribution is 2.34. The van der Waals surface area contributed by atoms with Crippen LogP contribution in [-0.4, -0.2) is 43.3 Å². The average Bonchev–Trinajstić information content (AvgIpc) is 2.66. The van der Waals surface area contributed by atoms with Gasteiger partial charge in [0, 0.05) is 50.1 Å². The first kappa shape index (κ1) is 22.8. The Bertz CT molecular complexity index is 1100. The van der Waals surface area contributed by atoms with Crippen LogP contribution in [0.15, 0.2) is 35.6 Å². The van der Waals surface area contributed by atoms with E-state index >= 15 is 0 Å². The van der Waals surface area contributed by atoms with E-state index in [-0.39, 0.29) is 24.6 Å². The standard InChI is InChI=1S/C17H16F5N5O3S/c18-16(19)2-5-27(6-3-16)14-12(7-10(9-25-14)17(20,21)22)15(28)26-11-1-4-24-13(8-11)31(23,29)30/h1,4,7-9H,2-3,5-6H2,(H2,23,29,30)(H,24,26,28). The van der Waals surface area contributed by atoms with E-state index in [2.05, 4.69) is 15.3 Å². The second-order valence-corrected chi connectivity index (χ2v) is 8.33. The number of nitrogens with one attached hydrogen (secondary N) is 1. The number of piperidine rings is 1. The van der Waals surface area contributed by atoms with Crippen molar-refractivity contribution < 1.29 is 35.2 Å². The number of hydrogen-bond acceptors (Lipinski definition) is 6. The van der Waals surface area contributed by atoms with Crippen molar-refractivity contribution >= 4 is 27.4 Å². The van der Waals surface area contributed by atoms with Crippen molar-refractivity contribution in [2.45, 2.75) is 30.0 Å². The van der Waals surface area contributed by atoms with Crippen molar-refractivity contribution in [1.82, 2.24) is 9.97 Å². The molecule has 2 aromatic heterocycles. The molecule has 0 aromatic carbocycles. The summed E-state index contributed by atoms with van der Waals surface area (Å²) in [5.41, 5.74) is -1.81. The third-order valence-electron chi connectivity index (χ3n) is 4.52. The molecule has 2 aromatic rings. The molecule has 8 nitrogen and oxygen atoms in total. The van der Waals surface area contributed by atoms with E-state index in [1.165, 1.54) is 11.0 Å². The summed E-state index contributed by atoms with van der Waals surface area (Å²) in [7, 11) is -4.19. The largest absolute Gasteiger partial charge is 0.417 e. The van der Waals surface area contributed by atoms with Gasteiger partial charge in [0.2, 0.25) is 0 Å². The lowest BCUT2D eigenvalue weighted by atomic mass is 10.1. The Balaban J connectivity index is 1.96. The number of primary sulfonamides is 1. The monoisotopic (exact) mass is 465 g/mol. The van der Waals surface area contributed by atoms with Gasteiger partial charge in [-0.05, 0) is 12.1 Å². The first-order valence-electron chi connectivity index (χ1n) is 8.76. The van der Waals surface area contributed by atoms with Crippen molar-refractivity contribution in [2.75, 3.05) is 23.3 Å². The zero-order chi connectivity index (χ0) is 23.0. The number of hydrogen-bond donors (Lipinski definition) is 2. The van der Waals surface area contributed by atoms with Crippen LogP contribution in [0.4, 0.5) is 33.5 Å². The molecule has 0 bridgehead atoms. The molecule has 31 heavy (non-hydrogen) atoms. The van der Waals surface area contributed by atoms with Gasteiger partial charge in [-0.3, -0.25) is 4.79 Å². The first-order valence-corrected chi connectivity index (χ1v) is 10.3. The summed E-state index contributed by atoms with van der Waals surface area (Å²) in [5.74, 6) is -4.15. The number of sulfonamides is 1. The van der Waals surface area contributed by atoms with E-state index in [4.69, 9.17) is 5.14 Å². The minimum atomic E-state index is -4.80. The van der Waals surface area contributed by atoms with Crippen molar-refractivity contribution in [3.63, 3.8) is 0 Å². The van der Waals surface area contributed by atoms with Crippen LogP contribution in [0, 0.1) is 0 Å². The van der Waals surface area contributed by atoms with E-state index in [0.717, 1.165) is 12.3 Å². The molecule has 1 fully saturated rings. The molecule has 0 unspecified atom stereocenters. The number of rotatable bonds is 4. The molecule has 1 aliphatic heterocycles. The summed E-state index contributed by atoms with van der Waals surface area (Å²) in [4.78, 5) is 21.3. The maximum Gasteiger partial charge on any atom is 0.417 e. The Hall–Kier alpha value is -2.87. The number of aromatic nitrogens is 2. The second-order valence-electron chi connectivity index (χ2n) is 6.82. The van der Waals surface area contributed by atoms with Crippen LogP contribution < -0.4 is 15.4 Å². The second kappa shape index (κ2) is 8.00. The van der Waals surface area contributed by atoms with Crippen molar-refractivity contribution in [3.05, 3.63) is 41.7 Å². The summed E-state index contributed by atoms with van der Waals surface area (Å²) in [6.07, 6.45) is -4.33. The number of nitrogens with two attached hydrogens (primary N) is 1. The van der Waals surface area contributed by atoms with Gasteiger partial charge in [0.15, 0.2) is 5.03 Å². The summed E-state index contributed by atoms with van der Waals surface area (Å²) < 4.78 is 89.2. The molecule has 0 saturated carbocycles. The molecular weight excluding hydrogens is 449 g/mol. The lowest BCUT2D eigenvalue weighted by Gasteiger charge is -2.33. The molecule has 0 spiro atoms. The third-order valence-corrected chi connectivity index (χ3v) is 5.32. The van der Waals surface area contributed by atoms with Crippen LogP contribution in [0.5, 0.6) is 0 Å². The molecule has 1 saturated heterocycles. The van der Waals surface area contributed by atoms with Gasteiger partial charge in [-0.2, -0.15) is 13.2 Å². The van der Waals surface area contributed by atoms with Gasteiger partial charge in [0.25, 0.3) is 21.9 Å². The Morgan fingerprint density at radius 3 is 2.39 bits per heavy atom. The predicted octanol–water partition coefficient (Wildman–Crippen LogP) is 2.63. The highest BCUT2D eigenvalue weighted by atomic mass is 32.2. The Morgan fingerprint density at radius 2 is 1.81 bits per heavy atom. The average molecular weight is 465 g/mol. The molecule has 1 amide bonds. The Labute approximate surface area is 173 Å².